The zero-order chi connectivity index (χ0) is 9.14. The summed E-state index contributed by atoms with van der Waals surface area (Å²) in [7, 11) is 0. The van der Waals surface area contributed by atoms with Gasteiger partial charge < -0.3 is 0 Å². The lowest BCUT2D eigenvalue weighted by Gasteiger charge is -2.00. The molecule has 0 fully saturated rings. The van der Waals surface area contributed by atoms with Crippen LogP contribution in [0.2, 0.25) is 15.1 Å². The molecule has 0 spiro atoms. The van der Waals surface area contributed by atoms with Gasteiger partial charge in [-0.05, 0) is 24.6 Å². The van der Waals surface area contributed by atoms with Crippen LogP contribution >= 0.6 is 34.8 Å². The lowest BCUT2D eigenvalue weighted by Crippen LogP contribution is -1.76. The van der Waals surface area contributed by atoms with Crippen LogP contribution in [0.3, 0.4) is 0 Å². The maximum absolute atomic E-state index is 5.80. The van der Waals surface area contributed by atoms with Gasteiger partial charge in [0, 0.05) is 0 Å². The molecule has 0 atom stereocenters. The van der Waals surface area contributed by atoms with E-state index in [-0.39, 0.29) is 0 Å². The number of benzene rings is 1. The van der Waals surface area contributed by atoms with Crippen LogP contribution in [0.5, 0.6) is 0 Å². The third kappa shape index (κ3) is 2.16. The summed E-state index contributed by atoms with van der Waals surface area (Å²) in [5.74, 6) is 0. The fraction of sp³-hybridized carbons (Fsp3) is 0.111. The van der Waals surface area contributed by atoms with Crippen molar-refractivity contribution in [2.75, 3.05) is 0 Å². The second-order valence-electron chi connectivity index (χ2n) is 2.30. The molecular weight excluding hydrogens is 214 g/mol. The molecule has 0 saturated carbocycles. The van der Waals surface area contributed by atoms with Crippen molar-refractivity contribution < 1.29 is 0 Å². The van der Waals surface area contributed by atoms with Gasteiger partial charge in [-0.25, -0.2) is 0 Å². The fourth-order valence-electron chi connectivity index (χ4n) is 0.864. The molecule has 0 nitrogen and oxygen atoms in total. The molecular formula is C9H7Cl3. The normalized spacial score (nSPS) is 11.0. The van der Waals surface area contributed by atoms with Gasteiger partial charge >= 0.3 is 0 Å². The lowest BCUT2D eigenvalue weighted by atomic mass is 10.2. The Bertz CT molecular complexity index is 293. The van der Waals surface area contributed by atoms with E-state index in [1.807, 2.05) is 19.1 Å². The Labute approximate surface area is 86.7 Å². The van der Waals surface area contributed by atoms with Gasteiger partial charge in [-0.3, -0.25) is 0 Å². The molecule has 1 aromatic rings. The van der Waals surface area contributed by atoms with Crippen LogP contribution in [0.1, 0.15) is 12.5 Å². The summed E-state index contributed by atoms with van der Waals surface area (Å²) in [5.41, 5.74) is 0.955. The standard InChI is InChI=1S/C9H7Cl3/c1-2-3-6-4-7(10)9(12)8(11)5-6/h2-5H,1H3/b3-2+. The quantitative estimate of drug-likeness (QED) is 0.604. The van der Waals surface area contributed by atoms with Gasteiger partial charge in [0.25, 0.3) is 0 Å². The van der Waals surface area contributed by atoms with Crippen LogP contribution in [0.4, 0.5) is 0 Å². The summed E-state index contributed by atoms with van der Waals surface area (Å²) in [6.45, 7) is 1.93. The number of rotatable bonds is 1. The summed E-state index contributed by atoms with van der Waals surface area (Å²) in [4.78, 5) is 0. The zero-order valence-electron chi connectivity index (χ0n) is 6.44. The Balaban J connectivity index is 3.21. The predicted octanol–water partition coefficient (Wildman–Crippen LogP) is 4.68. The van der Waals surface area contributed by atoms with Crippen LogP contribution in [0, 0.1) is 0 Å². The van der Waals surface area contributed by atoms with Gasteiger partial charge in [0.2, 0.25) is 0 Å². The molecule has 0 saturated heterocycles. The minimum Gasteiger partial charge on any atom is -0.0871 e. The molecule has 0 amide bonds. The van der Waals surface area contributed by atoms with Crippen LogP contribution in [-0.2, 0) is 0 Å². The highest BCUT2D eigenvalue weighted by molar-refractivity contribution is 6.48. The van der Waals surface area contributed by atoms with Gasteiger partial charge in [-0.1, -0.05) is 47.0 Å². The monoisotopic (exact) mass is 220 g/mol. The molecule has 3 heteroatoms. The SMILES string of the molecule is C/C=C/c1cc(Cl)c(Cl)c(Cl)c1. The van der Waals surface area contributed by atoms with Crippen molar-refractivity contribution in [2.24, 2.45) is 0 Å². The summed E-state index contributed by atoms with van der Waals surface area (Å²) in [6, 6.07) is 3.55. The predicted molar refractivity (Wildman–Crippen MR) is 56.2 cm³/mol. The second-order valence-corrected chi connectivity index (χ2v) is 3.49. The van der Waals surface area contributed by atoms with Crippen LogP contribution in [0.15, 0.2) is 18.2 Å². The molecule has 0 bridgehead atoms. The van der Waals surface area contributed by atoms with E-state index in [1.165, 1.54) is 0 Å². The van der Waals surface area contributed by atoms with E-state index in [1.54, 1.807) is 12.1 Å². The summed E-state index contributed by atoms with van der Waals surface area (Å²) >= 11 is 17.4. The minimum atomic E-state index is 0.409. The van der Waals surface area contributed by atoms with Crippen LogP contribution < -0.4 is 0 Å². The molecule has 0 aromatic heterocycles. The average Bonchev–Trinajstić information content (AvgIpc) is 2.01. The Kier molecular flexibility index (Phi) is 3.45. The smallest absolute Gasteiger partial charge is 0.0778 e. The van der Waals surface area contributed by atoms with Gasteiger partial charge in [-0.2, -0.15) is 0 Å². The largest absolute Gasteiger partial charge is 0.0871 e. The number of hydrogen-bond acceptors (Lipinski definition) is 0. The van der Waals surface area contributed by atoms with Crippen LogP contribution in [0.25, 0.3) is 6.08 Å². The van der Waals surface area contributed by atoms with E-state index in [4.69, 9.17) is 34.8 Å². The fourth-order valence-corrected chi connectivity index (χ4v) is 1.48. The molecule has 12 heavy (non-hydrogen) atoms. The van der Waals surface area contributed by atoms with Crippen molar-refractivity contribution in [3.05, 3.63) is 38.8 Å². The summed E-state index contributed by atoms with van der Waals surface area (Å²) < 4.78 is 0. The number of halogens is 3. The molecule has 1 aromatic carbocycles. The van der Waals surface area contributed by atoms with E-state index in [9.17, 15) is 0 Å². The Morgan fingerprint density at radius 3 is 2.00 bits per heavy atom. The topological polar surface area (TPSA) is 0 Å². The Morgan fingerprint density at radius 1 is 1.08 bits per heavy atom. The highest BCUT2D eigenvalue weighted by atomic mass is 35.5. The Morgan fingerprint density at radius 2 is 1.58 bits per heavy atom. The maximum Gasteiger partial charge on any atom is 0.0778 e. The van der Waals surface area contributed by atoms with Crippen molar-refractivity contribution in [1.82, 2.24) is 0 Å². The Hall–Kier alpha value is -0.170. The molecule has 64 valence electrons. The first-order chi connectivity index (χ1) is 5.65. The van der Waals surface area contributed by atoms with E-state index in [0.29, 0.717) is 15.1 Å². The molecule has 0 radical (unpaired) electrons. The average molecular weight is 222 g/mol. The molecule has 0 aliphatic heterocycles. The highest BCUT2D eigenvalue weighted by Crippen LogP contribution is 2.31. The first-order valence-corrected chi connectivity index (χ1v) is 4.55. The van der Waals surface area contributed by atoms with E-state index < -0.39 is 0 Å². The van der Waals surface area contributed by atoms with E-state index >= 15 is 0 Å². The van der Waals surface area contributed by atoms with Crippen LogP contribution in [-0.4, -0.2) is 0 Å². The number of hydrogen-bond donors (Lipinski definition) is 0. The second kappa shape index (κ2) is 4.18. The molecule has 0 aliphatic carbocycles. The maximum atomic E-state index is 5.80. The zero-order valence-corrected chi connectivity index (χ0v) is 8.71. The molecule has 1 rings (SSSR count). The molecule has 0 aliphatic rings. The molecule has 0 N–H and O–H groups in total. The van der Waals surface area contributed by atoms with Gasteiger partial charge in [0.05, 0.1) is 15.1 Å². The first-order valence-electron chi connectivity index (χ1n) is 3.42. The summed E-state index contributed by atoms with van der Waals surface area (Å²) in [5, 5.41) is 1.38. The summed E-state index contributed by atoms with van der Waals surface area (Å²) in [6.07, 6.45) is 3.82. The molecule has 0 heterocycles. The van der Waals surface area contributed by atoms with Crippen molar-refractivity contribution >= 4 is 40.9 Å². The van der Waals surface area contributed by atoms with Gasteiger partial charge in [0.15, 0.2) is 0 Å². The van der Waals surface area contributed by atoms with Gasteiger partial charge in [-0.15, -0.1) is 0 Å². The first kappa shape index (κ1) is 9.91. The van der Waals surface area contributed by atoms with Crippen molar-refractivity contribution in [1.29, 1.82) is 0 Å². The van der Waals surface area contributed by atoms with E-state index in [0.717, 1.165) is 5.56 Å². The van der Waals surface area contributed by atoms with Gasteiger partial charge in [0.1, 0.15) is 0 Å². The van der Waals surface area contributed by atoms with Crippen molar-refractivity contribution in [3.8, 4) is 0 Å². The minimum absolute atomic E-state index is 0.409. The third-order valence-corrected chi connectivity index (χ3v) is 2.56. The van der Waals surface area contributed by atoms with Crippen molar-refractivity contribution in [3.63, 3.8) is 0 Å². The third-order valence-electron chi connectivity index (χ3n) is 1.37. The van der Waals surface area contributed by atoms with E-state index in [2.05, 4.69) is 0 Å². The van der Waals surface area contributed by atoms with Crippen molar-refractivity contribution in [2.45, 2.75) is 6.92 Å². The highest BCUT2D eigenvalue weighted by Gasteiger charge is 2.03. The number of allylic oxidation sites excluding steroid dienone is 1. The lowest BCUT2D eigenvalue weighted by molar-refractivity contribution is 1.64. The molecule has 0 unspecified atom stereocenters.